The Labute approximate surface area is 139 Å². The van der Waals surface area contributed by atoms with Gasteiger partial charge in [0.05, 0.1) is 12.5 Å². The van der Waals surface area contributed by atoms with E-state index in [1.165, 1.54) is 17.1 Å². The Morgan fingerprint density at radius 2 is 2.17 bits per heavy atom. The van der Waals surface area contributed by atoms with Crippen molar-refractivity contribution in [3.8, 4) is 6.07 Å². The molecule has 0 saturated carbocycles. The van der Waals surface area contributed by atoms with E-state index in [0.29, 0.717) is 30.6 Å². The molecule has 2 aliphatic rings. The van der Waals surface area contributed by atoms with E-state index in [2.05, 4.69) is 0 Å². The van der Waals surface area contributed by atoms with Crippen LogP contribution in [0.5, 0.6) is 0 Å². The fraction of sp³-hybridized carbons (Fsp3) is 0.471. The maximum Gasteiger partial charge on any atom is 0.313 e. The molecule has 1 spiro atoms. The van der Waals surface area contributed by atoms with Crippen molar-refractivity contribution in [1.29, 1.82) is 5.26 Å². The number of nitriles is 1. The van der Waals surface area contributed by atoms with E-state index in [0.717, 1.165) is 0 Å². The monoisotopic (exact) mass is 330 g/mol. The molecule has 1 unspecified atom stereocenters. The summed E-state index contributed by atoms with van der Waals surface area (Å²) in [4.78, 5) is 25.0. The lowest BCUT2D eigenvalue weighted by atomic mass is 9.92. The van der Waals surface area contributed by atoms with Crippen LogP contribution in [0.4, 0.5) is 0 Å². The summed E-state index contributed by atoms with van der Waals surface area (Å²) >= 11 is 0. The van der Waals surface area contributed by atoms with Crippen LogP contribution < -0.4 is 5.56 Å². The van der Waals surface area contributed by atoms with E-state index >= 15 is 0 Å². The van der Waals surface area contributed by atoms with Gasteiger partial charge in [0.1, 0.15) is 29.9 Å². The third-order valence-corrected chi connectivity index (χ3v) is 4.42. The van der Waals surface area contributed by atoms with Crippen molar-refractivity contribution >= 4 is 5.97 Å². The minimum atomic E-state index is -1.05. The fourth-order valence-electron chi connectivity index (χ4n) is 3.28. The Morgan fingerprint density at radius 1 is 1.46 bits per heavy atom. The number of ether oxygens (including phenoxy) is 3. The molecule has 0 bridgehead atoms. The molecule has 2 aliphatic heterocycles. The van der Waals surface area contributed by atoms with E-state index in [9.17, 15) is 14.9 Å². The summed E-state index contributed by atoms with van der Waals surface area (Å²) < 4.78 is 17.7. The van der Waals surface area contributed by atoms with E-state index in [4.69, 9.17) is 14.2 Å². The smallest absolute Gasteiger partial charge is 0.313 e. The Morgan fingerprint density at radius 3 is 2.75 bits per heavy atom. The number of nitrogens with zero attached hydrogens (tertiary/aromatic N) is 2. The van der Waals surface area contributed by atoms with Gasteiger partial charge in [-0.3, -0.25) is 9.59 Å². The lowest BCUT2D eigenvalue weighted by molar-refractivity contribution is -0.148. The number of carbonyl (C=O) groups excluding carboxylic acids is 1. The first-order valence-corrected chi connectivity index (χ1v) is 7.93. The second-order valence-corrected chi connectivity index (χ2v) is 5.65. The largest absolute Gasteiger partial charge is 0.466 e. The van der Waals surface area contributed by atoms with Gasteiger partial charge < -0.3 is 18.8 Å². The topological polar surface area (TPSA) is 90.6 Å². The number of aromatic nitrogens is 1. The number of rotatable bonds is 4. The molecule has 0 amide bonds. The number of hydrogen-bond acceptors (Lipinski definition) is 6. The van der Waals surface area contributed by atoms with Crippen molar-refractivity contribution in [2.24, 2.45) is 0 Å². The van der Waals surface area contributed by atoms with Crippen LogP contribution in [0.1, 0.15) is 49.4 Å². The van der Waals surface area contributed by atoms with Gasteiger partial charge in [-0.2, -0.15) is 5.26 Å². The van der Waals surface area contributed by atoms with Gasteiger partial charge in [-0.15, -0.1) is 0 Å². The lowest BCUT2D eigenvalue weighted by Crippen LogP contribution is -2.31. The Balaban J connectivity index is 2.17. The molecule has 126 valence electrons. The van der Waals surface area contributed by atoms with Gasteiger partial charge in [0.25, 0.3) is 11.3 Å². The first-order chi connectivity index (χ1) is 11.6. The van der Waals surface area contributed by atoms with Gasteiger partial charge >= 0.3 is 5.97 Å². The highest BCUT2D eigenvalue weighted by Crippen LogP contribution is 2.41. The van der Waals surface area contributed by atoms with E-state index in [-0.39, 0.29) is 12.2 Å². The van der Waals surface area contributed by atoms with Crippen LogP contribution >= 0.6 is 0 Å². The summed E-state index contributed by atoms with van der Waals surface area (Å²) in [5, 5.41) is 9.45. The van der Waals surface area contributed by atoms with Crippen molar-refractivity contribution in [3.63, 3.8) is 0 Å². The predicted octanol–water partition coefficient (Wildman–Crippen LogP) is 1.85. The van der Waals surface area contributed by atoms with Gasteiger partial charge in [0, 0.05) is 13.0 Å². The molecule has 0 saturated heterocycles. The zero-order valence-corrected chi connectivity index (χ0v) is 13.6. The number of hydrogen-bond donors (Lipinski definition) is 0. The molecule has 1 aromatic rings. The van der Waals surface area contributed by atoms with Crippen molar-refractivity contribution in [3.05, 3.63) is 45.8 Å². The molecule has 7 heteroatoms. The molecule has 0 aromatic carbocycles. The molecule has 3 heterocycles. The molecule has 24 heavy (non-hydrogen) atoms. The van der Waals surface area contributed by atoms with Gasteiger partial charge in [-0.1, -0.05) is 6.92 Å². The van der Waals surface area contributed by atoms with Crippen LogP contribution in [-0.4, -0.2) is 17.1 Å². The van der Waals surface area contributed by atoms with Crippen molar-refractivity contribution in [2.45, 2.75) is 44.9 Å². The van der Waals surface area contributed by atoms with Gasteiger partial charge in [0.2, 0.25) is 0 Å². The summed E-state index contributed by atoms with van der Waals surface area (Å²) in [5.41, 5.74) is 0.440. The fourth-order valence-corrected chi connectivity index (χ4v) is 3.28. The molecule has 0 radical (unpaired) electrons. The van der Waals surface area contributed by atoms with Crippen LogP contribution in [0.3, 0.4) is 0 Å². The molecule has 7 nitrogen and oxygen atoms in total. The van der Waals surface area contributed by atoms with E-state index < -0.39 is 23.2 Å². The Hall–Kier alpha value is -2.75. The number of carbonyl (C=O) groups is 1. The van der Waals surface area contributed by atoms with Crippen LogP contribution in [0.15, 0.2) is 23.4 Å². The minimum absolute atomic E-state index is 0.0262. The highest BCUT2D eigenvalue weighted by atomic mass is 16.7. The van der Waals surface area contributed by atoms with Crippen LogP contribution in [-0.2, 0) is 31.3 Å². The Bertz CT molecular complexity index is 794. The molecule has 0 N–H and O–H groups in total. The van der Waals surface area contributed by atoms with E-state index in [1.807, 2.05) is 13.0 Å². The van der Waals surface area contributed by atoms with Gasteiger partial charge in [-0.25, -0.2) is 0 Å². The molecule has 3 rings (SSSR count). The van der Waals surface area contributed by atoms with Crippen molar-refractivity contribution in [2.75, 3.05) is 6.61 Å². The maximum atomic E-state index is 12.7. The standard InChI is InChI=1S/C17H18N2O5/c1-3-11(16(21)22-4-2)12-9-14-17(23-7-8-24-17)5-6-19(14)15(20)13(12)10-18/h7-9,11H,3-6H2,1-2H3. The number of pyridine rings is 1. The highest BCUT2D eigenvalue weighted by Gasteiger charge is 2.46. The quantitative estimate of drug-likeness (QED) is 0.783. The summed E-state index contributed by atoms with van der Waals surface area (Å²) in [6.45, 7) is 4.16. The molecular formula is C17H18N2O5. The summed E-state index contributed by atoms with van der Waals surface area (Å²) in [6, 6.07) is 3.62. The normalized spacial score (nSPS) is 17.7. The van der Waals surface area contributed by atoms with Gasteiger partial charge in [0.15, 0.2) is 0 Å². The van der Waals surface area contributed by atoms with Crippen LogP contribution in [0.2, 0.25) is 0 Å². The SMILES string of the molecule is CCOC(=O)C(CC)c1cc2n(c(=O)c1C#N)CCC21OC=CO1. The molecular weight excluding hydrogens is 312 g/mol. The summed E-state index contributed by atoms with van der Waals surface area (Å²) in [7, 11) is 0. The van der Waals surface area contributed by atoms with Gasteiger partial charge in [-0.05, 0) is 25.0 Å². The zero-order valence-electron chi connectivity index (χ0n) is 13.6. The second kappa shape index (κ2) is 6.04. The number of fused-ring (bicyclic) bond motifs is 2. The third kappa shape index (κ3) is 2.26. The van der Waals surface area contributed by atoms with Crippen molar-refractivity contribution in [1.82, 2.24) is 4.57 Å². The molecule has 0 fully saturated rings. The average Bonchev–Trinajstić information content (AvgIpc) is 3.18. The third-order valence-electron chi connectivity index (χ3n) is 4.42. The molecule has 0 aliphatic carbocycles. The first kappa shape index (κ1) is 16.1. The average molecular weight is 330 g/mol. The first-order valence-electron chi connectivity index (χ1n) is 7.93. The summed E-state index contributed by atoms with van der Waals surface area (Å²) in [5.74, 6) is -2.17. The highest BCUT2D eigenvalue weighted by molar-refractivity contribution is 5.79. The van der Waals surface area contributed by atoms with Crippen LogP contribution in [0.25, 0.3) is 0 Å². The predicted molar refractivity (Wildman–Crippen MR) is 82.7 cm³/mol. The van der Waals surface area contributed by atoms with Crippen molar-refractivity contribution < 1.29 is 19.0 Å². The summed E-state index contributed by atoms with van der Waals surface area (Å²) in [6.07, 6.45) is 3.74. The molecule has 1 aromatic heterocycles. The zero-order chi connectivity index (χ0) is 17.3. The van der Waals surface area contributed by atoms with E-state index in [1.54, 1.807) is 13.0 Å². The Kier molecular flexibility index (Phi) is 4.06. The van der Waals surface area contributed by atoms with Crippen LogP contribution in [0, 0.1) is 11.3 Å². The minimum Gasteiger partial charge on any atom is -0.466 e. The molecule has 1 atom stereocenters. The maximum absolute atomic E-state index is 12.7. The number of esters is 1. The second-order valence-electron chi connectivity index (χ2n) is 5.65. The lowest BCUT2D eigenvalue weighted by Gasteiger charge is -2.24.